The van der Waals surface area contributed by atoms with Gasteiger partial charge in [0.25, 0.3) is 0 Å². The Morgan fingerprint density at radius 2 is 1.91 bits per heavy atom. The van der Waals surface area contributed by atoms with Crippen LogP contribution in [0.4, 0.5) is 0 Å². The lowest BCUT2D eigenvalue weighted by molar-refractivity contribution is -0.118. The highest BCUT2D eigenvalue weighted by atomic mass is 16.3. The van der Waals surface area contributed by atoms with Crippen LogP contribution in [-0.2, 0) is 4.79 Å². The van der Waals surface area contributed by atoms with Crippen LogP contribution in [0.3, 0.4) is 0 Å². The first-order valence-corrected chi connectivity index (χ1v) is 9.33. The molecular weight excluding hydrogens is 272 g/mol. The van der Waals surface area contributed by atoms with Gasteiger partial charge in [-0.2, -0.15) is 0 Å². The monoisotopic (exact) mass is 302 g/mol. The van der Waals surface area contributed by atoms with E-state index in [4.69, 9.17) is 0 Å². The van der Waals surface area contributed by atoms with Gasteiger partial charge in [-0.1, -0.05) is 26.3 Å². The maximum atomic E-state index is 11.8. The maximum absolute atomic E-state index is 11.8. The molecule has 2 heteroatoms. The van der Waals surface area contributed by atoms with Crippen LogP contribution in [0.2, 0.25) is 0 Å². The zero-order valence-corrected chi connectivity index (χ0v) is 14.2. The molecule has 0 aromatic heterocycles. The highest BCUT2D eigenvalue weighted by molar-refractivity contribution is 5.91. The van der Waals surface area contributed by atoms with Gasteiger partial charge in [-0.3, -0.25) is 4.79 Å². The minimum absolute atomic E-state index is 0.0991. The Morgan fingerprint density at radius 1 is 1.14 bits per heavy atom. The van der Waals surface area contributed by atoms with Gasteiger partial charge in [-0.05, 0) is 79.1 Å². The van der Waals surface area contributed by atoms with Gasteiger partial charge >= 0.3 is 0 Å². The lowest BCUT2D eigenvalue weighted by atomic mass is 9.47. The lowest BCUT2D eigenvalue weighted by Crippen LogP contribution is -2.53. The van der Waals surface area contributed by atoms with E-state index in [2.05, 4.69) is 20.8 Å². The average Bonchev–Trinajstić information content (AvgIpc) is 2.74. The minimum atomic E-state index is -0.0991. The molecule has 0 aliphatic heterocycles. The van der Waals surface area contributed by atoms with Crippen LogP contribution >= 0.6 is 0 Å². The van der Waals surface area contributed by atoms with Crippen molar-refractivity contribution in [2.45, 2.75) is 65.4 Å². The van der Waals surface area contributed by atoms with Gasteiger partial charge in [0.05, 0.1) is 6.10 Å². The third-order valence-electron chi connectivity index (χ3n) is 7.89. The van der Waals surface area contributed by atoms with Crippen molar-refractivity contribution in [3.63, 3.8) is 0 Å². The van der Waals surface area contributed by atoms with Crippen molar-refractivity contribution in [2.75, 3.05) is 0 Å². The number of allylic oxidation sites excluding steroid dienone is 1. The summed E-state index contributed by atoms with van der Waals surface area (Å²) in [7, 11) is 0. The van der Waals surface area contributed by atoms with Crippen molar-refractivity contribution in [2.24, 2.45) is 40.9 Å². The third-order valence-corrected chi connectivity index (χ3v) is 7.89. The number of hydrogen-bond acceptors (Lipinski definition) is 2. The SMILES string of the molecule is C[C@H]1C[C@]2(C)[C@@H](O)CC[C@H]2[C@H]2[C@H]1C1CCC(=O)C=C1C[C@@H]2C. The molecule has 122 valence electrons. The topological polar surface area (TPSA) is 37.3 Å². The summed E-state index contributed by atoms with van der Waals surface area (Å²) in [5.41, 5.74) is 1.60. The Hall–Kier alpha value is -0.630. The van der Waals surface area contributed by atoms with Crippen molar-refractivity contribution >= 4 is 5.78 Å². The number of fused-ring (bicyclic) bond motifs is 5. The summed E-state index contributed by atoms with van der Waals surface area (Å²) in [5.74, 6) is 4.52. The Balaban J connectivity index is 1.73. The summed E-state index contributed by atoms with van der Waals surface area (Å²) in [6, 6.07) is 0. The second-order valence-corrected chi connectivity index (χ2v) is 9.05. The van der Waals surface area contributed by atoms with E-state index < -0.39 is 0 Å². The third kappa shape index (κ3) is 1.92. The summed E-state index contributed by atoms with van der Waals surface area (Å²) in [4.78, 5) is 11.8. The number of ketones is 1. The molecule has 0 bridgehead atoms. The zero-order chi connectivity index (χ0) is 15.6. The Bertz CT molecular complexity index is 522. The fourth-order valence-corrected chi connectivity index (χ4v) is 7.11. The molecule has 8 atom stereocenters. The highest BCUT2D eigenvalue weighted by Crippen LogP contribution is 2.64. The predicted molar refractivity (Wildman–Crippen MR) is 87.2 cm³/mol. The summed E-state index contributed by atoms with van der Waals surface area (Å²) < 4.78 is 0. The standard InChI is InChI=1S/C20H30O2/c1-11-8-13-9-14(21)4-5-15(13)18-12(2)10-20(3)16(19(11)18)6-7-17(20)22/h9,11-12,15-19,22H,4-8,10H2,1-3H3/t11-,12-,15?,16-,17-,18+,19-,20-/m0/s1. The van der Waals surface area contributed by atoms with E-state index in [1.165, 1.54) is 18.4 Å². The van der Waals surface area contributed by atoms with Gasteiger partial charge < -0.3 is 5.11 Å². The normalized spacial score (nSPS) is 54.3. The molecule has 0 saturated heterocycles. The van der Waals surface area contributed by atoms with E-state index in [9.17, 15) is 9.90 Å². The van der Waals surface area contributed by atoms with Crippen molar-refractivity contribution in [1.82, 2.24) is 0 Å². The number of rotatable bonds is 0. The first-order chi connectivity index (χ1) is 10.4. The van der Waals surface area contributed by atoms with E-state index >= 15 is 0 Å². The van der Waals surface area contributed by atoms with Crippen molar-refractivity contribution in [3.05, 3.63) is 11.6 Å². The molecule has 0 aromatic carbocycles. The molecule has 0 spiro atoms. The van der Waals surface area contributed by atoms with Crippen LogP contribution in [0.5, 0.6) is 0 Å². The summed E-state index contributed by atoms with van der Waals surface area (Å²) >= 11 is 0. The van der Waals surface area contributed by atoms with Crippen LogP contribution in [0.1, 0.15) is 59.3 Å². The van der Waals surface area contributed by atoms with Crippen LogP contribution in [0.15, 0.2) is 11.6 Å². The van der Waals surface area contributed by atoms with Crippen molar-refractivity contribution in [1.29, 1.82) is 0 Å². The number of aliphatic hydroxyl groups excluding tert-OH is 1. The molecule has 4 aliphatic rings. The molecule has 3 fully saturated rings. The summed E-state index contributed by atoms with van der Waals surface area (Å²) in [6.45, 7) is 7.16. The molecule has 1 unspecified atom stereocenters. The molecule has 0 radical (unpaired) electrons. The van der Waals surface area contributed by atoms with Crippen LogP contribution in [-0.4, -0.2) is 17.0 Å². The minimum Gasteiger partial charge on any atom is -0.393 e. The van der Waals surface area contributed by atoms with Gasteiger partial charge in [0.15, 0.2) is 5.78 Å². The van der Waals surface area contributed by atoms with Gasteiger partial charge in [0.1, 0.15) is 0 Å². The predicted octanol–water partition coefficient (Wildman–Crippen LogP) is 3.98. The van der Waals surface area contributed by atoms with Crippen LogP contribution in [0.25, 0.3) is 0 Å². The van der Waals surface area contributed by atoms with E-state index in [1.807, 2.05) is 6.08 Å². The molecule has 22 heavy (non-hydrogen) atoms. The number of carbonyl (C=O) groups is 1. The molecule has 1 N–H and O–H groups in total. The number of carbonyl (C=O) groups excluding carboxylic acids is 1. The zero-order valence-electron chi connectivity index (χ0n) is 14.2. The highest BCUT2D eigenvalue weighted by Gasteiger charge is 2.59. The summed E-state index contributed by atoms with van der Waals surface area (Å²) in [5, 5.41) is 10.6. The molecule has 0 heterocycles. The Labute approximate surface area is 134 Å². The molecule has 4 rings (SSSR count). The van der Waals surface area contributed by atoms with E-state index in [1.54, 1.807) is 0 Å². The fourth-order valence-electron chi connectivity index (χ4n) is 7.11. The average molecular weight is 302 g/mol. The molecule has 4 aliphatic carbocycles. The number of hydrogen-bond donors (Lipinski definition) is 1. The van der Waals surface area contributed by atoms with E-state index in [0.29, 0.717) is 29.5 Å². The van der Waals surface area contributed by atoms with Gasteiger partial charge in [0, 0.05) is 6.42 Å². The second kappa shape index (κ2) is 4.93. The largest absolute Gasteiger partial charge is 0.393 e. The molecular formula is C20H30O2. The Morgan fingerprint density at radius 3 is 2.68 bits per heavy atom. The first-order valence-electron chi connectivity index (χ1n) is 9.33. The van der Waals surface area contributed by atoms with Gasteiger partial charge in [-0.15, -0.1) is 0 Å². The lowest BCUT2D eigenvalue weighted by Gasteiger charge is -2.58. The van der Waals surface area contributed by atoms with Crippen LogP contribution < -0.4 is 0 Å². The fraction of sp³-hybridized carbons (Fsp3) is 0.850. The van der Waals surface area contributed by atoms with Crippen LogP contribution in [0, 0.1) is 40.9 Å². The molecule has 3 saturated carbocycles. The van der Waals surface area contributed by atoms with Crippen molar-refractivity contribution < 1.29 is 9.90 Å². The first kappa shape index (κ1) is 14.9. The van der Waals surface area contributed by atoms with E-state index in [-0.39, 0.29) is 11.5 Å². The van der Waals surface area contributed by atoms with Crippen molar-refractivity contribution in [3.8, 4) is 0 Å². The molecule has 2 nitrogen and oxygen atoms in total. The molecule has 0 aromatic rings. The summed E-state index contributed by atoms with van der Waals surface area (Å²) in [6.07, 6.45) is 8.22. The quantitative estimate of drug-likeness (QED) is 0.735. The van der Waals surface area contributed by atoms with Gasteiger partial charge in [0.2, 0.25) is 0 Å². The number of aliphatic hydroxyl groups is 1. The molecule has 0 amide bonds. The maximum Gasteiger partial charge on any atom is 0.155 e. The van der Waals surface area contributed by atoms with Gasteiger partial charge in [-0.25, -0.2) is 0 Å². The van der Waals surface area contributed by atoms with E-state index in [0.717, 1.165) is 37.5 Å². The second-order valence-electron chi connectivity index (χ2n) is 9.05. The Kier molecular flexibility index (Phi) is 3.35. The smallest absolute Gasteiger partial charge is 0.155 e.